The number of benzene rings is 2. The van der Waals surface area contributed by atoms with Gasteiger partial charge in [-0.05, 0) is 18.2 Å². The van der Waals surface area contributed by atoms with Crippen molar-refractivity contribution < 1.29 is 15.1 Å². The van der Waals surface area contributed by atoms with Crippen molar-refractivity contribution in [1.82, 2.24) is 0 Å². The van der Waals surface area contributed by atoms with E-state index in [9.17, 15) is 5.11 Å². The molecule has 0 aliphatic carbocycles. The van der Waals surface area contributed by atoms with Crippen molar-refractivity contribution in [2.45, 2.75) is 0 Å². The summed E-state index contributed by atoms with van der Waals surface area (Å²) in [7, 11) is 1.54. The fourth-order valence-corrected chi connectivity index (χ4v) is 1.69. The molecule has 0 saturated carbocycles. The van der Waals surface area contributed by atoms with Crippen LogP contribution in [0.2, 0.25) is 0 Å². The number of ether oxygens (including phenoxy) is 1. The van der Waals surface area contributed by atoms with E-state index >= 15 is 0 Å². The maximum absolute atomic E-state index is 9.85. The molecule has 4 nitrogen and oxygen atoms in total. The number of phenols is 1. The number of hydrogen-bond donors (Lipinski definition) is 2. The van der Waals surface area contributed by atoms with Crippen LogP contribution in [0.3, 0.4) is 0 Å². The largest absolute Gasteiger partial charge is 0.507 e. The third-order valence-corrected chi connectivity index (χ3v) is 2.61. The average Bonchev–Trinajstić information content (AvgIpc) is 2.43. The van der Waals surface area contributed by atoms with Crippen LogP contribution in [-0.4, -0.2) is 23.1 Å². The Labute approximate surface area is 105 Å². The Morgan fingerprint density at radius 3 is 2.44 bits per heavy atom. The van der Waals surface area contributed by atoms with Gasteiger partial charge in [-0.25, -0.2) is 0 Å². The monoisotopic (exact) mass is 243 g/mol. The Morgan fingerprint density at radius 2 is 1.83 bits per heavy atom. The molecule has 0 saturated heterocycles. The first-order valence-electron chi connectivity index (χ1n) is 5.41. The maximum Gasteiger partial charge on any atom is 0.125 e. The van der Waals surface area contributed by atoms with Gasteiger partial charge < -0.3 is 15.1 Å². The van der Waals surface area contributed by atoms with Gasteiger partial charge in [0, 0.05) is 11.1 Å². The van der Waals surface area contributed by atoms with E-state index in [0.717, 1.165) is 0 Å². The molecule has 2 aromatic rings. The standard InChI is InChI=1S/C14H13NO3/c1-18-11-7-8-13(16)12(9-11)14(15-17)10-5-3-2-4-6-10/h2-9,16-17H,1H3/b15-14+. The van der Waals surface area contributed by atoms with Crippen molar-refractivity contribution in [2.24, 2.45) is 5.16 Å². The molecule has 0 bridgehead atoms. The molecule has 0 radical (unpaired) electrons. The summed E-state index contributed by atoms with van der Waals surface area (Å²) in [5, 5.41) is 22.3. The molecule has 18 heavy (non-hydrogen) atoms. The summed E-state index contributed by atoms with van der Waals surface area (Å²) in [5.74, 6) is 0.618. The zero-order valence-corrected chi connectivity index (χ0v) is 9.87. The first kappa shape index (κ1) is 12.0. The summed E-state index contributed by atoms with van der Waals surface area (Å²) < 4.78 is 5.09. The van der Waals surface area contributed by atoms with Gasteiger partial charge in [-0.15, -0.1) is 0 Å². The van der Waals surface area contributed by atoms with E-state index in [-0.39, 0.29) is 5.75 Å². The highest BCUT2D eigenvalue weighted by Gasteiger charge is 2.13. The molecule has 4 heteroatoms. The lowest BCUT2D eigenvalue weighted by Gasteiger charge is -2.09. The molecular formula is C14H13NO3. The van der Waals surface area contributed by atoms with Crippen LogP contribution < -0.4 is 4.74 Å². The van der Waals surface area contributed by atoms with E-state index in [2.05, 4.69) is 5.16 Å². The Balaban J connectivity index is 2.52. The minimum atomic E-state index is 0.0347. The minimum Gasteiger partial charge on any atom is -0.507 e. The average molecular weight is 243 g/mol. The minimum absolute atomic E-state index is 0.0347. The van der Waals surface area contributed by atoms with E-state index in [1.807, 2.05) is 18.2 Å². The summed E-state index contributed by atoms with van der Waals surface area (Å²) >= 11 is 0. The van der Waals surface area contributed by atoms with Gasteiger partial charge in [0.1, 0.15) is 17.2 Å². The fraction of sp³-hybridized carbons (Fsp3) is 0.0714. The second-order valence-corrected chi connectivity index (χ2v) is 3.70. The lowest BCUT2D eigenvalue weighted by molar-refractivity contribution is 0.319. The molecule has 0 aliphatic rings. The number of phenolic OH excluding ortho intramolecular Hbond substituents is 1. The highest BCUT2D eigenvalue weighted by Crippen LogP contribution is 2.25. The van der Waals surface area contributed by atoms with Crippen LogP contribution in [0.1, 0.15) is 11.1 Å². The molecule has 2 aromatic carbocycles. The third-order valence-electron chi connectivity index (χ3n) is 2.61. The first-order valence-corrected chi connectivity index (χ1v) is 5.41. The predicted molar refractivity (Wildman–Crippen MR) is 68.5 cm³/mol. The van der Waals surface area contributed by atoms with E-state index in [1.54, 1.807) is 24.3 Å². The maximum atomic E-state index is 9.85. The number of oxime groups is 1. The summed E-state index contributed by atoms with van der Waals surface area (Å²) in [5.41, 5.74) is 1.43. The fourth-order valence-electron chi connectivity index (χ4n) is 1.69. The van der Waals surface area contributed by atoms with Gasteiger partial charge in [0.05, 0.1) is 7.11 Å². The lowest BCUT2D eigenvalue weighted by atomic mass is 10.0. The quantitative estimate of drug-likeness (QED) is 0.495. The normalized spacial score (nSPS) is 11.3. The topological polar surface area (TPSA) is 62.0 Å². The SMILES string of the molecule is COc1ccc(O)c(/C(=N/O)c2ccccc2)c1. The molecule has 0 spiro atoms. The predicted octanol–water partition coefficient (Wildman–Crippen LogP) is 2.63. The van der Waals surface area contributed by atoms with Crippen LogP contribution in [0.15, 0.2) is 53.7 Å². The third kappa shape index (κ3) is 2.27. The molecule has 0 amide bonds. The van der Waals surface area contributed by atoms with Gasteiger partial charge in [-0.3, -0.25) is 0 Å². The number of methoxy groups -OCH3 is 1. The van der Waals surface area contributed by atoms with Crippen molar-refractivity contribution >= 4 is 5.71 Å². The first-order chi connectivity index (χ1) is 8.76. The number of rotatable bonds is 3. The van der Waals surface area contributed by atoms with Gasteiger partial charge in [-0.2, -0.15) is 0 Å². The van der Waals surface area contributed by atoms with Crippen LogP contribution in [0.4, 0.5) is 0 Å². The van der Waals surface area contributed by atoms with Crippen molar-refractivity contribution in [3.8, 4) is 11.5 Å². The van der Waals surface area contributed by atoms with Crippen LogP contribution >= 0.6 is 0 Å². The Morgan fingerprint density at radius 1 is 1.11 bits per heavy atom. The highest BCUT2D eigenvalue weighted by molar-refractivity contribution is 6.14. The van der Waals surface area contributed by atoms with E-state index in [4.69, 9.17) is 9.94 Å². The van der Waals surface area contributed by atoms with Crippen LogP contribution in [-0.2, 0) is 0 Å². The lowest BCUT2D eigenvalue weighted by Crippen LogP contribution is -2.04. The van der Waals surface area contributed by atoms with Crippen LogP contribution in [0, 0.1) is 0 Å². The van der Waals surface area contributed by atoms with E-state index in [0.29, 0.717) is 22.6 Å². The van der Waals surface area contributed by atoms with Crippen molar-refractivity contribution in [1.29, 1.82) is 0 Å². The summed E-state index contributed by atoms with van der Waals surface area (Å²) in [6, 6.07) is 13.9. The Hall–Kier alpha value is -2.49. The van der Waals surface area contributed by atoms with Gasteiger partial charge in [0.2, 0.25) is 0 Å². The van der Waals surface area contributed by atoms with Gasteiger partial charge in [0.25, 0.3) is 0 Å². The molecule has 0 unspecified atom stereocenters. The molecule has 0 atom stereocenters. The number of aromatic hydroxyl groups is 1. The van der Waals surface area contributed by atoms with Crippen molar-refractivity contribution in [2.75, 3.05) is 7.11 Å². The molecule has 92 valence electrons. The molecule has 0 aromatic heterocycles. The second-order valence-electron chi connectivity index (χ2n) is 3.70. The van der Waals surface area contributed by atoms with Gasteiger partial charge in [-0.1, -0.05) is 35.5 Å². The highest BCUT2D eigenvalue weighted by atomic mass is 16.5. The number of nitrogens with zero attached hydrogens (tertiary/aromatic N) is 1. The summed E-state index contributed by atoms with van der Waals surface area (Å²) in [6.45, 7) is 0. The molecule has 2 N–H and O–H groups in total. The van der Waals surface area contributed by atoms with E-state index in [1.165, 1.54) is 13.2 Å². The molecule has 0 fully saturated rings. The molecule has 0 heterocycles. The van der Waals surface area contributed by atoms with Gasteiger partial charge in [0.15, 0.2) is 0 Å². The van der Waals surface area contributed by atoms with Crippen molar-refractivity contribution in [3.63, 3.8) is 0 Å². The molecule has 0 aliphatic heterocycles. The summed E-state index contributed by atoms with van der Waals surface area (Å²) in [4.78, 5) is 0. The number of hydrogen-bond acceptors (Lipinski definition) is 4. The summed E-state index contributed by atoms with van der Waals surface area (Å²) in [6.07, 6.45) is 0. The second kappa shape index (κ2) is 5.23. The zero-order valence-electron chi connectivity index (χ0n) is 9.87. The van der Waals surface area contributed by atoms with Crippen LogP contribution in [0.25, 0.3) is 0 Å². The molecule has 2 rings (SSSR count). The van der Waals surface area contributed by atoms with E-state index < -0.39 is 0 Å². The molecular weight excluding hydrogens is 230 g/mol. The smallest absolute Gasteiger partial charge is 0.125 e. The Kier molecular flexibility index (Phi) is 3.48. The van der Waals surface area contributed by atoms with Crippen LogP contribution in [0.5, 0.6) is 11.5 Å². The van der Waals surface area contributed by atoms with Crippen molar-refractivity contribution in [3.05, 3.63) is 59.7 Å². The van der Waals surface area contributed by atoms with Gasteiger partial charge >= 0.3 is 0 Å². The zero-order chi connectivity index (χ0) is 13.0. The Bertz CT molecular complexity index is 565.